The van der Waals surface area contributed by atoms with Crippen LogP contribution in [0.15, 0.2) is 4.99 Å². The van der Waals surface area contributed by atoms with Crippen LogP contribution < -0.4 is 33.2 Å². The number of aliphatic imine (C=N–C) groups is 1. The van der Waals surface area contributed by atoms with Crippen molar-refractivity contribution in [1.82, 2.24) is 16.0 Å². The van der Waals surface area contributed by atoms with Gasteiger partial charge in [0.1, 0.15) is 18.1 Å². The number of aliphatic carboxylic acids is 1. The van der Waals surface area contributed by atoms with Crippen LogP contribution in [0.1, 0.15) is 53.4 Å². The Morgan fingerprint density at radius 3 is 2.00 bits per heavy atom. The van der Waals surface area contributed by atoms with Gasteiger partial charge in [0.2, 0.25) is 17.7 Å². The number of hydrogen-bond donors (Lipinski definition) is 7. The number of nitrogens with two attached hydrogens (primary N) is 3. The van der Waals surface area contributed by atoms with Gasteiger partial charge in [0.05, 0.1) is 6.04 Å². The van der Waals surface area contributed by atoms with Gasteiger partial charge in [0, 0.05) is 6.54 Å². The van der Waals surface area contributed by atoms with Crippen molar-refractivity contribution in [2.24, 2.45) is 34.0 Å². The lowest BCUT2D eigenvalue weighted by Crippen LogP contribution is -2.59. The van der Waals surface area contributed by atoms with Crippen LogP contribution in [0, 0.1) is 11.8 Å². The number of thioether (sulfide) groups is 1. The van der Waals surface area contributed by atoms with Crippen LogP contribution in [0.3, 0.4) is 0 Å². The minimum Gasteiger partial charge on any atom is -0.480 e. The molecular formula is C22H43N7O5S. The summed E-state index contributed by atoms with van der Waals surface area (Å²) in [7, 11) is 0. The van der Waals surface area contributed by atoms with E-state index in [0.29, 0.717) is 31.6 Å². The predicted octanol–water partition coefficient (Wildman–Crippen LogP) is -0.638. The summed E-state index contributed by atoms with van der Waals surface area (Å²) in [5, 5.41) is 17.3. The first-order valence-corrected chi connectivity index (χ1v) is 13.2. The lowest BCUT2D eigenvalue weighted by molar-refractivity contribution is -0.142. The van der Waals surface area contributed by atoms with Crippen molar-refractivity contribution in [3.63, 3.8) is 0 Å². The van der Waals surface area contributed by atoms with Gasteiger partial charge in [0.25, 0.3) is 0 Å². The van der Waals surface area contributed by atoms with Crippen molar-refractivity contribution < 1.29 is 24.3 Å². The summed E-state index contributed by atoms with van der Waals surface area (Å²) in [5.41, 5.74) is 16.5. The van der Waals surface area contributed by atoms with Crippen LogP contribution in [0.4, 0.5) is 0 Å². The summed E-state index contributed by atoms with van der Waals surface area (Å²) in [6, 6.07) is -3.82. The van der Waals surface area contributed by atoms with Crippen molar-refractivity contribution in [2.45, 2.75) is 77.5 Å². The molecule has 13 heteroatoms. The molecule has 202 valence electrons. The van der Waals surface area contributed by atoms with Crippen LogP contribution in [0.2, 0.25) is 0 Å². The van der Waals surface area contributed by atoms with E-state index < -0.39 is 47.9 Å². The highest BCUT2D eigenvalue weighted by Crippen LogP contribution is 2.12. The molecule has 0 aromatic heterocycles. The average Bonchev–Trinajstić information content (AvgIpc) is 2.79. The van der Waals surface area contributed by atoms with Gasteiger partial charge in [-0.05, 0) is 43.1 Å². The number of hydrogen-bond acceptors (Lipinski definition) is 7. The number of amides is 3. The maximum absolute atomic E-state index is 13.1. The minimum absolute atomic E-state index is 0.0424. The van der Waals surface area contributed by atoms with Crippen LogP contribution >= 0.6 is 11.8 Å². The summed E-state index contributed by atoms with van der Waals surface area (Å²) in [5.74, 6) is -2.80. The second-order valence-corrected chi connectivity index (χ2v) is 9.82. The number of carboxylic acid groups (broad SMARTS) is 1. The van der Waals surface area contributed by atoms with E-state index in [-0.39, 0.29) is 24.2 Å². The molecule has 0 aliphatic heterocycles. The molecule has 5 atom stereocenters. The molecule has 5 unspecified atom stereocenters. The summed E-state index contributed by atoms with van der Waals surface area (Å²) in [6.07, 6.45) is 3.50. The average molecular weight is 518 g/mol. The second kappa shape index (κ2) is 17.0. The van der Waals surface area contributed by atoms with Gasteiger partial charge in [0.15, 0.2) is 5.96 Å². The van der Waals surface area contributed by atoms with Crippen LogP contribution in [-0.2, 0) is 19.2 Å². The van der Waals surface area contributed by atoms with Gasteiger partial charge in [-0.3, -0.25) is 19.4 Å². The van der Waals surface area contributed by atoms with Crippen molar-refractivity contribution in [3.05, 3.63) is 0 Å². The number of carbonyl (C=O) groups excluding carboxylic acids is 3. The summed E-state index contributed by atoms with van der Waals surface area (Å²) < 4.78 is 0. The van der Waals surface area contributed by atoms with Crippen LogP contribution in [0.5, 0.6) is 0 Å². The summed E-state index contributed by atoms with van der Waals surface area (Å²) >= 11 is 1.47. The molecule has 10 N–H and O–H groups in total. The van der Waals surface area contributed by atoms with E-state index in [1.165, 1.54) is 11.8 Å². The van der Waals surface area contributed by atoms with E-state index in [1.807, 2.05) is 20.1 Å². The summed E-state index contributed by atoms with van der Waals surface area (Å²) in [4.78, 5) is 54.0. The molecule has 0 bridgehead atoms. The van der Waals surface area contributed by atoms with Crippen LogP contribution in [0.25, 0.3) is 0 Å². The van der Waals surface area contributed by atoms with Gasteiger partial charge in [-0.25, -0.2) is 4.79 Å². The zero-order chi connectivity index (χ0) is 27.1. The molecule has 0 heterocycles. The number of nitrogens with one attached hydrogen (secondary N) is 3. The molecule has 0 aromatic rings. The Kier molecular flexibility index (Phi) is 15.7. The number of carboxylic acids is 1. The quantitative estimate of drug-likeness (QED) is 0.0740. The monoisotopic (exact) mass is 517 g/mol. The van der Waals surface area contributed by atoms with Gasteiger partial charge in [-0.2, -0.15) is 11.8 Å². The Hall–Kier alpha value is -2.54. The van der Waals surface area contributed by atoms with Crippen LogP contribution in [-0.4, -0.2) is 77.5 Å². The fourth-order valence-electron chi connectivity index (χ4n) is 3.15. The van der Waals surface area contributed by atoms with E-state index in [4.69, 9.17) is 17.2 Å². The molecule has 12 nitrogen and oxygen atoms in total. The van der Waals surface area contributed by atoms with Gasteiger partial charge in [-0.15, -0.1) is 0 Å². The maximum atomic E-state index is 13.1. The molecular weight excluding hydrogens is 474 g/mol. The molecule has 0 aromatic carbocycles. The zero-order valence-electron chi connectivity index (χ0n) is 21.4. The Morgan fingerprint density at radius 2 is 1.51 bits per heavy atom. The van der Waals surface area contributed by atoms with Crippen molar-refractivity contribution in [3.8, 4) is 0 Å². The molecule has 0 saturated heterocycles. The first kappa shape index (κ1) is 32.5. The Bertz CT molecular complexity index is 731. The molecule has 35 heavy (non-hydrogen) atoms. The Morgan fingerprint density at radius 1 is 0.943 bits per heavy atom. The highest BCUT2D eigenvalue weighted by molar-refractivity contribution is 7.98. The molecule has 0 fully saturated rings. The third kappa shape index (κ3) is 12.6. The van der Waals surface area contributed by atoms with Gasteiger partial charge >= 0.3 is 5.97 Å². The predicted molar refractivity (Wildman–Crippen MR) is 139 cm³/mol. The first-order chi connectivity index (χ1) is 16.3. The number of nitrogens with zero attached hydrogens (tertiary/aromatic N) is 1. The molecule has 0 saturated carbocycles. The fourth-order valence-corrected chi connectivity index (χ4v) is 3.62. The first-order valence-electron chi connectivity index (χ1n) is 11.8. The molecule has 0 radical (unpaired) electrons. The second-order valence-electron chi connectivity index (χ2n) is 8.84. The molecule has 0 aliphatic carbocycles. The van der Waals surface area contributed by atoms with E-state index >= 15 is 0 Å². The number of rotatable bonds is 17. The Balaban J connectivity index is 5.33. The number of carbonyl (C=O) groups is 4. The molecule has 0 rings (SSSR count). The van der Waals surface area contributed by atoms with Gasteiger partial charge in [-0.1, -0.05) is 34.1 Å². The molecule has 3 amide bonds. The highest BCUT2D eigenvalue weighted by atomic mass is 32.2. The summed E-state index contributed by atoms with van der Waals surface area (Å²) in [6.45, 7) is 7.50. The lowest BCUT2D eigenvalue weighted by Gasteiger charge is -2.29. The third-order valence-electron chi connectivity index (χ3n) is 5.57. The Labute approximate surface area is 212 Å². The van der Waals surface area contributed by atoms with Crippen molar-refractivity contribution in [1.29, 1.82) is 0 Å². The highest BCUT2D eigenvalue weighted by Gasteiger charge is 2.33. The minimum atomic E-state index is -1.14. The van der Waals surface area contributed by atoms with Crippen molar-refractivity contribution in [2.75, 3.05) is 18.6 Å². The van der Waals surface area contributed by atoms with Gasteiger partial charge < -0.3 is 38.3 Å². The normalized spacial score (nSPS) is 15.3. The standard InChI is InChI=1S/C22H43N7O5S/c1-6-13(4)17(29-18(30)14(23)8-7-10-26-22(24)25)20(32)28-16(12(2)3)19(31)27-15(21(33)34)9-11-35-5/h12-17H,6-11,23H2,1-5H3,(H,27,31)(H,28,32)(H,29,30)(H,33,34)(H4,24,25,26). The topological polar surface area (TPSA) is 215 Å². The number of guanidine groups is 1. The SMILES string of the molecule is CCC(C)C(NC(=O)C(N)CCCN=C(N)N)C(=O)NC(C(=O)NC(CCSC)C(=O)O)C(C)C. The maximum Gasteiger partial charge on any atom is 0.326 e. The molecule has 0 aliphatic rings. The zero-order valence-corrected chi connectivity index (χ0v) is 22.2. The van der Waals surface area contributed by atoms with E-state index in [9.17, 15) is 24.3 Å². The van der Waals surface area contributed by atoms with E-state index in [0.717, 1.165) is 0 Å². The van der Waals surface area contributed by atoms with E-state index in [1.54, 1.807) is 13.8 Å². The molecule has 0 spiro atoms. The largest absolute Gasteiger partial charge is 0.480 e. The lowest BCUT2D eigenvalue weighted by atomic mass is 9.96. The van der Waals surface area contributed by atoms with Crippen molar-refractivity contribution >= 4 is 41.4 Å². The van der Waals surface area contributed by atoms with E-state index in [2.05, 4.69) is 20.9 Å². The third-order valence-corrected chi connectivity index (χ3v) is 6.21. The fraction of sp³-hybridized carbons (Fsp3) is 0.773. The smallest absolute Gasteiger partial charge is 0.326 e.